The van der Waals surface area contributed by atoms with E-state index in [-0.39, 0.29) is 11.6 Å². The summed E-state index contributed by atoms with van der Waals surface area (Å²) < 4.78 is 10.6. The van der Waals surface area contributed by atoms with Crippen molar-refractivity contribution < 1.29 is 14.3 Å². The molecule has 0 spiro atoms. The van der Waals surface area contributed by atoms with Crippen molar-refractivity contribution in [3.8, 4) is 0 Å². The maximum Gasteiger partial charge on any atom is 0.302 e. The third-order valence-corrected chi connectivity index (χ3v) is 4.03. The third-order valence-electron chi connectivity index (χ3n) is 4.03. The lowest BCUT2D eigenvalue weighted by molar-refractivity contribution is -0.141. The number of esters is 1. The number of hydrogen-bond donors (Lipinski definition) is 0. The molecule has 0 aromatic carbocycles. The van der Waals surface area contributed by atoms with Crippen molar-refractivity contribution in [3.63, 3.8) is 0 Å². The van der Waals surface area contributed by atoms with Gasteiger partial charge in [-0.2, -0.15) is 0 Å². The minimum absolute atomic E-state index is 0.117. The minimum Gasteiger partial charge on any atom is -0.466 e. The number of carbonyl (C=O) groups excluding carboxylic acids is 1. The zero-order chi connectivity index (χ0) is 15.2. The first-order valence-electron chi connectivity index (χ1n) is 7.78. The number of epoxide rings is 1. The molecule has 0 radical (unpaired) electrons. The van der Waals surface area contributed by atoms with Crippen LogP contribution in [-0.2, 0) is 14.3 Å². The van der Waals surface area contributed by atoms with Gasteiger partial charge in [-0.15, -0.1) is 0 Å². The molecule has 3 nitrogen and oxygen atoms in total. The molecule has 2 unspecified atom stereocenters. The van der Waals surface area contributed by atoms with Crippen LogP contribution in [0.4, 0.5) is 0 Å². The monoisotopic (exact) mass is 282 g/mol. The Hall–Kier alpha value is -0.830. The maximum absolute atomic E-state index is 10.7. The predicted octanol–water partition coefficient (Wildman–Crippen LogP) is 4.26. The highest BCUT2D eigenvalue weighted by atomic mass is 16.6. The fraction of sp³-hybridized carbons (Fsp3) is 0.824. The Bertz CT molecular complexity index is 344. The largest absolute Gasteiger partial charge is 0.466 e. The summed E-state index contributed by atoms with van der Waals surface area (Å²) in [5.74, 6) is 0.419. The number of ether oxygens (including phenoxy) is 2. The second-order valence-electron chi connectivity index (χ2n) is 6.61. The van der Waals surface area contributed by atoms with E-state index >= 15 is 0 Å². The number of hydrogen-bond acceptors (Lipinski definition) is 3. The van der Waals surface area contributed by atoms with Crippen LogP contribution in [0.3, 0.4) is 0 Å². The molecule has 3 heteroatoms. The second kappa shape index (κ2) is 7.82. The number of allylic oxidation sites excluding steroid dienone is 2. The summed E-state index contributed by atoms with van der Waals surface area (Å²) in [6.07, 6.45) is 8.29. The molecule has 2 atom stereocenters. The van der Waals surface area contributed by atoms with Crippen molar-refractivity contribution in [1.82, 2.24) is 0 Å². The van der Waals surface area contributed by atoms with Gasteiger partial charge in [0.25, 0.3) is 0 Å². The molecule has 20 heavy (non-hydrogen) atoms. The van der Waals surface area contributed by atoms with Gasteiger partial charge in [-0.1, -0.05) is 18.6 Å². The van der Waals surface area contributed by atoms with E-state index in [1.165, 1.54) is 12.5 Å². The highest BCUT2D eigenvalue weighted by molar-refractivity contribution is 5.65. The van der Waals surface area contributed by atoms with Crippen molar-refractivity contribution in [1.29, 1.82) is 0 Å². The average Bonchev–Trinajstić information content (AvgIpc) is 2.94. The summed E-state index contributed by atoms with van der Waals surface area (Å²) in [6.45, 7) is 10.7. The van der Waals surface area contributed by atoms with Crippen LogP contribution in [0.5, 0.6) is 0 Å². The lowest BCUT2D eigenvalue weighted by Crippen LogP contribution is -2.05. The van der Waals surface area contributed by atoms with E-state index in [0.29, 0.717) is 18.6 Å². The van der Waals surface area contributed by atoms with Gasteiger partial charge in [0.2, 0.25) is 0 Å². The molecule has 0 saturated carbocycles. The molecular weight excluding hydrogens is 252 g/mol. The number of rotatable bonds is 9. The van der Waals surface area contributed by atoms with Crippen molar-refractivity contribution in [2.75, 3.05) is 6.61 Å². The van der Waals surface area contributed by atoms with Gasteiger partial charge in [-0.3, -0.25) is 4.79 Å². The van der Waals surface area contributed by atoms with E-state index in [0.717, 1.165) is 32.1 Å². The standard InChI is InChI=1S/C17H30O3/c1-13(9-10-16-17(4,5)20-16)7-6-8-14(2)11-12-19-15(3)18/h7,14,16H,6,8-12H2,1-5H3/b13-7-. The summed E-state index contributed by atoms with van der Waals surface area (Å²) in [6, 6.07) is 0. The Morgan fingerprint density at radius 2 is 2.00 bits per heavy atom. The van der Waals surface area contributed by atoms with E-state index < -0.39 is 0 Å². The summed E-state index contributed by atoms with van der Waals surface area (Å²) in [7, 11) is 0. The molecule has 0 aromatic heterocycles. The molecular formula is C17H30O3. The predicted molar refractivity (Wildman–Crippen MR) is 81.6 cm³/mol. The molecule has 1 heterocycles. The van der Waals surface area contributed by atoms with Crippen LogP contribution in [0.2, 0.25) is 0 Å². The van der Waals surface area contributed by atoms with Crippen molar-refractivity contribution in [2.24, 2.45) is 5.92 Å². The van der Waals surface area contributed by atoms with Gasteiger partial charge in [0, 0.05) is 6.92 Å². The summed E-state index contributed by atoms with van der Waals surface area (Å²) in [5.41, 5.74) is 1.58. The van der Waals surface area contributed by atoms with Crippen LogP contribution in [0, 0.1) is 5.92 Å². The van der Waals surface area contributed by atoms with Gasteiger partial charge >= 0.3 is 5.97 Å². The molecule has 1 saturated heterocycles. The van der Waals surface area contributed by atoms with Gasteiger partial charge in [0.15, 0.2) is 0 Å². The van der Waals surface area contributed by atoms with E-state index in [2.05, 4.69) is 33.8 Å². The second-order valence-corrected chi connectivity index (χ2v) is 6.61. The normalized spacial score (nSPS) is 22.4. The highest BCUT2D eigenvalue weighted by Gasteiger charge is 2.46. The lowest BCUT2D eigenvalue weighted by Gasteiger charge is -2.10. The van der Waals surface area contributed by atoms with Crippen LogP contribution in [0.15, 0.2) is 11.6 Å². The van der Waals surface area contributed by atoms with Gasteiger partial charge in [-0.05, 0) is 58.8 Å². The summed E-state index contributed by atoms with van der Waals surface area (Å²) in [4.78, 5) is 10.7. The smallest absolute Gasteiger partial charge is 0.302 e. The Labute approximate surface area is 123 Å². The van der Waals surface area contributed by atoms with Crippen molar-refractivity contribution in [2.45, 2.75) is 78.4 Å². The minimum atomic E-state index is -0.182. The molecule has 0 aromatic rings. The van der Waals surface area contributed by atoms with E-state index in [1.54, 1.807) is 0 Å². The zero-order valence-electron chi connectivity index (χ0n) is 13.7. The molecule has 0 bridgehead atoms. The molecule has 1 aliphatic heterocycles. The Morgan fingerprint density at radius 3 is 2.55 bits per heavy atom. The third kappa shape index (κ3) is 7.09. The van der Waals surface area contributed by atoms with Crippen molar-refractivity contribution >= 4 is 5.97 Å². The first-order valence-corrected chi connectivity index (χ1v) is 7.78. The van der Waals surface area contributed by atoms with Crippen LogP contribution in [0.25, 0.3) is 0 Å². The Kier molecular flexibility index (Phi) is 6.74. The molecule has 1 fully saturated rings. The molecule has 116 valence electrons. The van der Waals surface area contributed by atoms with Crippen molar-refractivity contribution in [3.05, 3.63) is 11.6 Å². The molecule has 0 amide bonds. The molecule has 0 N–H and O–H groups in total. The molecule has 1 aliphatic rings. The number of carbonyl (C=O) groups is 1. The van der Waals surface area contributed by atoms with Crippen LogP contribution < -0.4 is 0 Å². The average molecular weight is 282 g/mol. The molecule has 1 rings (SSSR count). The maximum atomic E-state index is 10.7. The van der Waals surface area contributed by atoms with E-state index in [1.807, 2.05) is 0 Å². The van der Waals surface area contributed by atoms with Gasteiger partial charge < -0.3 is 9.47 Å². The fourth-order valence-corrected chi connectivity index (χ4v) is 2.36. The first kappa shape index (κ1) is 17.2. The van der Waals surface area contributed by atoms with Gasteiger partial charge in [-0.25, -0.2) is 0 Å². The molecule has 0 aliphatic carbocycles. The highest BCUT2D eigenvalue weighted by Crippen LogP contribution is 2.38. The SMILES string of the molecule is CC(=O)OCCC(C)CC/C=C(/C)CCC1OC1(C)C. The zero-order valence-corrected chi connectivity index (χ0v) is 13.7. The van der Waals surface area contributed by atoms with Crippen LogP contribution in [0.1, 0.15) is 66.7 Å². The Morgan fingerprint density at radius 1 is 1.35 bits per heavy atom. The first-order chi connectivity index (χ1) is 9.31. The summed E-state index contributed by atoms with van der Waals surface area (Å²) in [5, 5.41) is 0. The van der Waals surface area contributed by atoms with Gasteiger partial charge in [0.05, 0.1) is 18.3 Å². The van der Waals surface area contributed by atoms with E-state index in [9.17, 15) is 4.79 Å². The topological polar surface area (TPSA) is 38.8 Å². The van der Waals surface area contributed by atoms with E-state index in [4.69, 9.17) is 9.47 Å². The lowest BCUT2D eigenvalue weighted by atomic mass is 9.99. The Balaban J connectivity index is 2.05. The van der Waals surface area contributed by atoms with Crippen LogP contribution in [-0.4, -0.2) is 24.3 Å². The van der Waals surface area contributed by atoms with Gasteiger partial charge in [0.1, 0.15) is 0 Å². The summed E-state index contributed by atoms with van der Waals surface area (Å²) >= 11 is 0. The quantitative estimate of drug-likeness (QED) is 0.360. The fourth-order valence-electron chi connectivity index (χ4n) is 2.36. The van der Waals surface area contributed by atoms with Crippen LogP contribution >= 0.6 is 0 Å².